The van der Waals surface area contributed by atoms with E-state index in [1.54, 1.807) is 30.3 Å². The minimum Gasteiger partial charge on any atom is -0.325 e. The van der Waals surface area contributed by atoms with E-state index in [0.29, 0.717) is 10.7 Å². The van der Waals surface area contributed by atoms with Gasteiger partial charge in [0.15, 0.2) is 0 Å². The van der Waals surface area contributed by atoms with Gasteiger partial charge in [0.05, 0.1) is 15.7 Å². The lowest BCUT2D eigenvalue weighted by Gasteiger charge is -2.06. The predicted octanol–water partition coefficient (Wildman–Crippen LogP) is 3.23. The van der Waals surface area contributed by atoms with Crippen molar-refractivity contribution in [2.75, 3.05) is 11.1 Å². The molecule has 0 aliphatic heterocycles. The molecule has 6 heteroatoms. The number of halogens is 2. The van der Waals surface area contributed by atoms with Crippen LogP contribution >= 0.6 is 11.6 Å². The Kier molecular flexibility index (Phi) is 4.87. The predicted molar refractivity (Wildman–Crippen MR) is 77.8 cm³/mol. The summed E-state index contributed by atoms with van der Waals surface area (Å²) in [4.78, 5) is 11.8. The molecule has 0 fully saturated rings. The van der Waals surface area contributed by atoms with E-state index in [9.17, 15) is 13.4 Å². The molecule has 0 aromatic heterocycles. The summed E-state index contributed by atoms with van der Waals surface area (Å²) >= 11 is 5.73. The standard InChI is InChI=1S/C14H11ClFNO2S/c15-10-5-7-11(8-6-10)17-14(18)9-20(19)13-4-2-1-3-12(13)16/h1-8H,9H2,(H,17,18). The third kappa shape index (κ3) is 3.88. The van der Waals surface area contributed by atoms with E-state index in [4.69, 9.17) is 11.6 Å². The van der Waals surface area contributed by atoms with Gasteiger partial charge in [0, 0.05) is 10.7 Å². The molecule has 20 heavy (non-hydrogen) atoms. The van der Waals surface area contributed by atoms with E-state index < -0.39 is 22.5 Å². The summed E-state index contributed by atoms with van der Waals surface area (Å²) in [5.74, 6) is -1.33. The van der Waals surface area contributed by atoms with Gasteiger partial charge in [-0.25, -0.2) is 4.39 Å². The highest BCUT2D eigenvalue weighted by Crippen LogP contribution is 2.15. The second-order valence-electron chi connectivity index (χ2n) is 3.98. The molecule has 1 unspecified atom stereocenters. The summed E-state index contributed by atoms with van der Waals surface area (Å²) in [6.45, 7) is 0. The number of nitrogens with one attached hydrogen (secondary N) is 1. The highest BCUT2D eigenvalue weighted by atomic mass is 35.5. The first kappa shape index (κ1) is 14.7. The maximum atomic E-state index is 13.4. The van der Waals surface area contributed by atoms with Gasteiger partial charge in [-0.3, -0.25) is 9.00 Å². The van der Waals surface area contributed by atoms with Gasteiger partial charge in [-0.1, -0.05) is 23.7 Å². The number of hydrogen-bond acceptors (Lipinski definition) is 2. The van der Waals surface area contributed by atoms with Gasteiger partial charge < -0.3 is 5.32 Å². The Balaban J connectivity index is 2.00. The maximum absolute atomic E-state index is 13.4. The van der Waals surface area contributed by atoms with Crippen LogP contribution in [0.5, 0.6) is 0 Å². The number of amides is 1. The van der Waals surface area contributed by atoms with Crippen molar-refractivity contribution in [3.05, 3.63) is 59.4 Å². The summed E-state index contributed by atoms with van der Waals surface area (Å²) in [6.07, 6.45) is 0. The van der Waals surface area contributed by atoms with E-state index in [-0.39, 0.29) is 10.6 Å². The smallest absolute Gasteiger partial charge is 0.237 e. The van der Waals surface area contributed by atoms with Crippen molar-refractivity contribution in [1.29, 1.82) is 0 Å². The van der Waals surface area contributed by atoms with Crippen LogP contribution in [0.2, 0.25) is 5.02 Å². The Morgan fingerprint density at radius 2 is 1.80 bits per heavy atom. The number of carbonyl (C=O) groups is 1. The molecular formula is C14H11ClFNO2S. The van der Waals surface area contributed by atoms with Crippen molar-refractivity contribution >= 4 is 34.0 Å². The lowest BCUT2D eigenvalue weighted by Crippen LogP contribution is -2.19. The van der Waals surface area contributed by atoms with Gasteiger partial charge in [0.25, 0.3) is 0 Å². The van der Waals surface area contributed by atoms with E-state index >= 15 is 0 Å². The van der Waals surface area contributed by atoms with Crippen molar-refractivity contribution in [2.45, 2.75) is 4.90 Å². The average Bonchev–Trinajstić information content (AvgIpc) is 2.41. The molecular weight excluding hydrogens is 301 g/mol. The molecule has 0 spiro atoms. The quantitative estimate of drug-likeness (QED) is 0.942. The summed E-state index contributed by atoms with van der Waals surface area (Å²) in [6, 6.07) is 12.2. The second kappa shape index (κ2) is 6.63. The first-order valence-corrected chi connectivity index (χ1v) is 7.44. The molecule has 0 saturated heterocycles. The van der Waals surface area contributed by atoms with Gasteiger partial charge in [0.2, 0.25) is 5.91 Å². The lowest BCUT2D eigenvalue weighted by molar-refractivity contribution is -0.113. The summed E-state index contributed by atoms with van der Waals surface area (Å²) in [5.41, 5.74) is 0.546. The first-order chi connectivity index (χ1) is 9.56. The molecule has 0 bridgehead atoms. The third-order valence-corrected chi connectivity index (χ3v) is 4.07. The zero-order valence-corrected chi connectivity index (χ0v) is 11.9. The summed E-state index contributed by atoms with van der Waals surface area (Å²) < 4.78 is 25.3. The maximum Gasteiger partial charge on any atom is 0.237 e. The van der Waals surface area contributed by atoms with Crippen LogP contribution in [0.1, 0.15) is 0 Å². The molecule has 0 aliphatic rings. The van der Waals surface area contributed by atoms with E-state index in [1.807, 2.05) is 0 Å². The normalized spacial score (nSPS) is 11.9. The topological polar surface area (TPSA) is 46.2 Å². The number of benzene rings is 2. The fourth-order valence-electron chi connectivity index (χ4n) is 1.56. The molecule has 2 rings (SSSR count). The Hall–Kier alpha value is -1.72. The Morgan fingerprint density at radius 1 is 1.15 bits per heavy atom. The zero-order valence-electron chi connectivity index (χ0n) is 10.3. The van der Waals surface area contributed by atoms with Gasteiger partial charge in [-0.2, -0.15) is 0 Å². The van der Waals surface area contributed by atoms with Crippen molar-refractivity contribution in [3.8, 4) is 0 Å². The molecule has 1 atom stereocenters. The fourth-order valence-corrected chi connectivity index (χ4v) is 2.66. The second-order valence-corrected chi connectivity index (χ2v) is 5.83. The van der Waals surface area contributed by atoms with Gasteiger partial charge in [-0.05, 0) is 36.4 Å². The highest BCUT2D eigenvalue weighted by molar-refractivity contribution is 7.85. The number of hydrogen-bond donors (Lipinski definition) is 1. The molecule has 0 radical (unpaired) electrons. The van der Waals surface area contributed by atoms with Crippen LogP contribution in [0, 0.1) is 5.82 Å². The monoisotopic (exact) mass is 311 g/mol. The molecule has 1 amide bonds. The van der Waals surface area contributed by atoms with Crippen molar-refractivity contribution in [1.82, 2.24) is 0 Å². The summed E-state index contributed by atoms with van der Waals surface area (Å²) in [5, 5.41) is 3.13. The number of rotatable bonds is 4. The van der Waals surface area contributed by atoms with Crippen LogP contribution in [0.25, 0.3) is 0 Å². The molecule has 2 aromatic rings. The Bertz CT molecular complexity index is 646. The van der Waals surface area contributed by atoms with Crippen LogP contribution in [-0.2, 0) is 15.6 Å². The molecule has 104 valence electrons. The van der Waals surface area contributed by atoms with E-state index in [2.05, 4.69) is 5.32 Å². The Morgan fingerprint density at radius 3 is 2.45 bits per heavy atom. The highest BCUT2D eigenvalue weighted by Gasteiger charge is 2.13. The Labute approximate surface area is 123 Å². The van der Waals surface area contributed by atoms with E-state index in [0.717, 1.165) is 0 Å². The van der Waals surface area contributed by atoms with Gasteiger partial charge >= 0.3 is 0 Å². The SMILES string of the molecule is O=C(CS(=O)c1ccccc1F)Nc1ccc(Cl)cc1. The molecule has 2 aromatic carbocycles. The molecule has 3 nitrogen and oxygen atoms in total. The van der Waals surface area contributed by atoms with E-state index in [1.165, 1.54) is 18.2 Å². The van der Waals surface area contributed by atoms with Gasteiger partial charge in [-0.15, -0.1) is 0 Å². The average molecular weight is 312 g/mol. The van der Waals surface area contributed by atoms with Crippen LogP contribution in [-0.4, -0.2) is 15.9 Å². The van der Waals surface area contributed by atoms with Crippen LogP contribution < -0.4 is 5.32 Å². The van der Waals surface area contributed by atoms with Crippen LogP contribution in [0.4, 0.5) is 10.1 Å². The number of carbonyl (C=O) groups excluding carboxylic acids is 1. The first-order valence-electron chi connectivity index (χ1n) is 5.74. The van der Waals surface area contributed by atoms with Crippen molar-refractivity contribution in [3.63, 3.8) is 0 Å². The van der Waals surface area contributed by atoms with Crippen LogP contribution in [0.15, 0.2) is 53.4 Å². The van der Waals surface area contributed by atoms with Crippen molar-refractivity contribution in [2.24, 2.45) is 0 Å². The lowest BCUT2D eigenvalue weighted by atomic mass is 10.3. The molecule has 0 saturated carbocycles. The fraction of sp³-hybridized carbons (Fsp3) is 0.0714. The minimum absolute atomic E-state index is 0.0266. The molecule has 0 heterocycles. The zero-order chi connectivity index (χ0) is 14.5. The minimum atomic E-state index is -1.72. The van der Waals surface area contributed by atoms with Crippen LogP contribution in [0.3, 0.4) is 0 Å². The van der Waals surface area contributed by atoms with Gasteiger partial charge in [0.1, 0.15) is 11.6 Å². The number of anilines is 1. The third-order valence-electron chi connectivity index (χ3n) is 2.47. The molecule has 1 N–H and O–H groups in total. The molecule has 0 aliphatic carbocycles. The summed E-state index contributed by atoms with van der Waals surface area (Å²) in [7, 11) is -1.72. The van der Waals surface area contributed by atoms with Crippen molar-refractivity contribution < 1.29 is 13.4 Å². The largest absolute Gasteiger partial charge is 0.325 e.